The zero-order valence-electron chi connectivity index (χ0n) is 16.7. The summed E-state index contributed by atoms with van der Waals surface area (Å²) in [4.78, 5) is 19.0. The van der Waals surface area contributed by atoms with Crippen molar-refractivity contribution in [1.29, 1.82) is 5.26 Å². The zero-order valence-corrected chi connectivity index (χ0v) is 16.7. The second-order valence-corrected chi connectivity index (χ2v) is 7.36. The minimum Gasteiger partial charge on any atom is -0.254 e. The van der Waals surface area contributed by atoms with Crippen LogP contribution >= 0.6 is 0 Å². The fourth-order valence-corrected chi connectivity index (χ4v) is 3.85. The molecule has 0 N–H and O–H groups in total. The number of rotatable bonds is 0. The van der Waals surface area contributed by atoms with E-state index in [1.807, 2.05) is 54.6 Å². The Hall–Kier alpha value is -4.87. The Morgan fingerprint density at radius 2 is 1.12 bits per heavy atom. The monoisotopic (exact) mass is 407 g/mol. The van der Waals surface area contributed by atoms with Crippen molar-refractivity contribution in [2.45, 2.75) is 0 Å². The number of benzene rings is 3. The lowest BCUT2D eigenvalue weighted by Crippen LogP contribution is -1.94. The summed E-state index contributed by atoms with van der Waals surface area (Å²) >= 11 is 0. The Morgan fingerprint density at radius 3 is 1.78 bits per heavy atom. The van der Waals surface area contributed by atoms with E-state index in [-0.39, 0.29) is 0 Å². The number of aromatic nitrogens is 4. The van der Waals surface area contributed by atoms with Crippen LogP contribution in [0.15, 0.2) is 79.1 Å². The van der Waals surface area contributed by atoms with Gasteiger partial charge in [-0.05, 0) is 66.7 Å². The van der Waals surface area contributed by atoms with Crippen LogP contribution in [-0.2, 0) is 0 Å². The molecule has 0 unspecified atom stereocenters. The molecule has 0 bridgehead atoms. The third kappa shape index (κ3) is 2.89. The normalized spacial score (nSPS) is 10.8. The Morgan fingerprint density at radius 1 is 0.562 bits per heavy atom. The summed E-state index contributed by atoms with van der Waals surface area (Å²) in [5.41, 5.74) is 7.16. The topological polar surface area (TPSA) is 75.3 Å². The maximum atomic E-state index is 8.93. The van der Waals surface area contributed by atoms with Gasteiger partial charge in [0, 0.05) is 34.3 Å². The molecular formula is C27H13N5. The van der Waals surface area contributed by atoms with E-state index in [0.717, 1.165) is 55.0 Å². The van der Waals surface area contributed by atoms with Gasteiger partial charge in [-0.15, -0.1) is 0 Å². The fourth-order valence-electron chi connectivity index (χ4n) is 3.85. The molecule has 146 valence electrons. The summed E-state index contributed by atoms with van der Waals surface area (Å²) in [5.74, 6) is 6.32. The highest BCUT2D eigenvalue weighted by Crippen LogP contribution is 2.31. The van der Waals surface area contributed by atoms with Gasteiger partial charge in [-0.2, -0.15) is 5.26 Å². The van der Waals surface area contributed by atoms with Crippen molar-refractivity contribution in [2.75, 3.05) is 0 Å². The Labute approximate surface area is 183 Å². The molecule has 5 nitrogen and oxygen atoms in total. The highest BCUT2D eigenvalue weighted by atomic mass is 14.8. The average molecular weight is 407 g/mol. The van der Waals surface area contributed by atoms with Crippen molar-refractivity contribution in [1.82, 2.24) is 19.9 Å². The second-order valence-electron chi connectivity index (χ2n) is 7.36. The van der Waals surface area contributed by atoms with Crippen LogP contribution in [0.2, 0.25) is 0 Å². The van der Waals surface area contributed by atoms with E-state index < -0.39 is 0 Å². The number of fused-ring (bicyclic) bond motifs is 7. The average Bonchev–Trinajstić information content (AvgIpc) is 2.87. The number of nitrogens with zero attached hydrogens (tertiary/aromatic N) is 5. The molecule has 0 aliphatic rings. The van der Waals surface area contributed by atoms with Gasteiger partial charge < -0.3 is 0 Å². The number of nitriles is 1. The van der Waals surface area contributed by atoms with Gasteiger partial charge >= 0.3 is 0 Å². The summed E-state index contributed by atoms with van der Waals surface area (Å²) in [6.07, 6.45) is 3.54. The molecule has 5 heteroatoms. The lowest BCUT2D eigenvalue weighted by atomic mass is 10.1. The molecule has 3 heterocycles. The van der Waals surface area contributed by atoms with Crippen molar-refractivity contribution >= 4 is 43.9 Å². The van der Waals surface area contributed by atoms with Gasteiger partial charge in [-0.3, -0.25) is 9.97 Å². The molecule has 0 atom stereocenters. The number of hydrogen-bond donors (Lipinski definition) is 0. The van der Waals surface area contributed by atoms with Crippen LogP contribution in [0.3, 0.4) is 0 Å². The molecule has 6 aromatic rings. The van der Waals surface area contributed by atoms with Gasteiger partial charge in [0.15, 0.2) is 0 Å². The smallest absolute Gasteiger partial charge is 0.0996 e. The first-order valence-corrected chi connectivity index (χ1v) is 10.1. The first kappa shape index (κ1) is 17.9. The Kier molecular flexibility index (Phi) is 3.99. The maximum absolute atomic E-state index is 8.93. The van der Waals surface area contributed by atoms with Gasteiger partial charge in [-0.25, -0.2) is 9.97 Å². The van der Waals surface area contributed by atoms with Crippen LogP contribution in [0.25, 0.3) is 43.9 Å². The Bertz CT molecular complexity index is 1790. The largest absolute Gasteiger partial charge is 0.254 e. The van der Waals surface area contributed by atoms with Gasteiger partial charge in [0.2, 0.25) is 0 Å². The van der Waals surface area contributed by atoms with Crippen molar-refractivity contribution in [2.24, 2.45) is 0 Å². The number of pyridine rings is 2. The standard InChI is InChI=1S/C27H13N5/c28-16-19-9-6-17(7-10-19)5-8-18-11-12-22-23(15-18)32-27-21-4-2-14-30-25(21)24-20(26(27)31-22)3-1-13-29-24/h1-4,6-7,9-15H. The van der Waals surface area contributed by atoms with Crippen LogP contribution in [0.5, 0.6) is 0 Å². The quantitative estimate of drug-likeness (QED) is 0.198. The summed E-state index contributed by atoms with van der Waals surface area (Å²) in [6.45, 7) is 0. The molecule has 0 radical (unpaired) electrons. The summed E-state index contributed by atoms with van der Waals surface area (Å²) in [6, 6.07) is 23.0. The first-order chi connectivity index (χ1) is 15.8. The maximum Gasteiger partial charge on any atom is 0.0996 e. The highest BCUT2D eigenvalue weighted by Gasteiger charge is 2.13. The van der Waals surface area contributed by atoms with E-state index in [0.29, 0.717) is 5.56 Å². The molecule has 0 saturated carbocycles. The second kappa shape index (κ2) is 7.12. The minimum atomic E-state index is 0.618. The minimum absolute atomic E-state index is 0.618. The van der Waals surface area contributed by atoms with Crippen LogP contribution in [0.1, 0.15) is 16.7 Å². The van der Waals surface area contributed by atoms with Crippen LogP contribution in [0.4, 0.5) is 0 Å². The molecular weight excluding hydrogens is 394 g/mol. The molecule has 0 aliphatic carbocycles. The van der Waals surface area contributed by atoms with Crippen LogP contribution in [-0.4, -0.2) is 19.9 Å². The molecule has 0 amide bonds. The Balaban J connectivity index is 1.56. The SMILES string of the molecule is N#Cc1ccc(C#Cc2ccc3nc4c5cccnc5c5ncccc5c4nc3c2)cc1. The van der Waals surface area contributed by atoms with E-state index in [1.54, 1.807) is 24.5 Å². The molecule has 6 rings (SSSR count). The van der Waals surface area contributed by atoms with Gasteiger partial charge in [-0.1, -0.05) is 11.8 Å². The zero-order chi connectivity index (χ0) is 21.5. The van der Waals surface area contributed by atoms with Gasteiger partial charge in [0.1, 0.15) is 0 Å². The number of hydrogen-bond acceptors (Lipinski definition) is 5. The van der Waals surface area contributed by atoms with Crippen molar-refractivity contribution in [3.8, 4) is 17.9 Å². The van der Waals surface area contributed by atoms with Crippen LogP contribution < -0.4 is 0 Å². The predicted molar refractivity (Wildman–Crippen MR) is 125 cm³/mol. The summed E-state index contributed by atoms with van der Waals surface area (Å²) in [5, 5.41) is 10.8. The van der Waals surface area contributed by atoms with E-state index in [2.05, 4.69) is 27.9 Å². The van der Waals surface area contributed by atoms with Crippen molar-refractivity contribution in [3.63, 3.8) is 0 Å². The lowest BCUT2D eigenvalue weighted by Gasteiger charge is -2.08. The van der Waals surface area contributed by atoms with Crippen molar-refractivity contribution < 1.29 is 0 Å². The van der Waals surface area contributed by atoms with E-state index in [9.17, 15) is 0 Å². The molecule has 32 heavy (non-hydrogen) atoms. The molecule has 0 spiro atoms. The highest BCUT2D eigenvalue weighted by molar-refractivity contribution is 6.21. The molecule has 0 fully saturated rings. The van der Waals surface area contributed by atoms with E-state index >= 15 is 0 Å². The van der Waals surface area contributed by atoms with Crippen LogP contribution in [0, 0.1) is 23.2 Å². The first-order valence-electron chi connectivity index (χ1n) is 10.1. The third-order valence-electron chi connectivity index (χ3n) is 5.38. The summed E-state index contributed by atoms with van der Waals surface area (Å²) < 4.78 is 0. The summed E-state index contributed by atoms with van der Waals surface area (Å²) in [7, 11) is 0. The molecule has 3 aromatic heterocycles. The van der Waals surface area contributed by atoms with Gasteiger partial charge in [0.05, 0.1) is 44.7 Å². The van der Waals surface area contributed by atoms with E-state index in [1.165, 1.54) is 0 Å². The fraction of sp³-hybridized carbons (Fsp3) is 0. The van der Waals surface area contributed by atoms with Crippen molar-refractivity contribution in [3.05, 3.63) is 95.8 Å². The molecule has 3 aromatic carbocycles. The van der Waals surface area contributed by atoms with E-state index in [4.69, 9.17) is 15.2 Å². The molecule has 0 aliphatic heterocycles. The molecule has 0 saturated heterocycles. The van der Waals surface area contributed by atoms with Gasteiger partial charge in [0.25, 0.3) is 0 Å². The third-order valence-corrected chi connectivity index (χ3v) is 5.38. The predicted octanol–water partition coefficient (Wildman–Crippen LogP) is 5.15. The lowest BCUT2D eigenvalue weighted by molar-refractivity contribution is 1.36.